The lowest BCUT2D eigenvalue weighted by Gasteiger charge is -2.34. The van der Waals surface area contributed by atoms with E-state index in [2.05, 4.69) is 31.4 Å². The molecule has 1 aliphatic carbocycles. The average molecular weight is 224 g/mol. The third kappa shape index (κ3) is 2.24. The van der Waals surface area contributed by atoms with Crippen LogP contribution in [0.25, 0.3) is 0 Å². The van der Waals surface area contributed by atoms with Crippen molar-refractivity contribution in [2.75, 3.05) is 13.1 Å². The second kappa shape index (κ2) is 4.02. The first-order valence-corrected chi connectivity index (χ1v) is 6.47. The first-order valence-electron chi connectivity index (χ1n) is 6.47. The maximum absolute atomic E-state index is 12.2. The number of carbonyl (C=O) groups excluding carboxylic acids is 1. The van der Waals surface area contributed by atoms with Gasteiger partial charge in [-0.1, -0.05) is 20.8 Å². The minimum atomic E-state index is 0.0922. The van der Waals surface area contributed by atoms with Gasteiger partial charge in [0.2, 0.25) is 5.91 Å². The van der Waals surface area contributed by atoms with Crippen LogP contribution < -0.4 is 10.6 Å². The molecular formula is C13H24N2O. The van der Waals surface area contributed by atoms with Crippen molar-refractivity contribution in [2.45, 2.75) is 52.0 Å². The summed E-state index contributed by atoms with van der Waals surface area (Å²) in [5.41, 5.74) is 0.282. The van der Waals surface area contributed by atoms with Gasteiger partial charge in [0.05, 0.1) is 0 Å². The molecule has 1 aliphatic heterocycles. The Labute approximate surface area is 98.4 Å². The van der Waals surface area contributed by atoms with Crippen LogP contribution in [-0.4, -0.2) is 24.5 Å². The molecular weight excluding hydrogens is 200 g/mol. The van der Waals surface area contributed by atoms with Crippen LogP contribution in [0.5, 0.6) is 0 Å². The molecule has 92 valence electrons. The lowest BCUT2D eigenvalue weighted by molar-refractivity contribution is -0.127. The van der Waals surface area contributed by atoms with Crippen molar-refractivity contribution in [3.8, 4) is 0 Å². The fraction of sp³-hybridized carbons (Fsp3) is 0.923. The molecule has 1 saturated heterocycles. The third-order valence-electron chi connectivity index (χ3n) is 4.26. The van der Waals surface area contributed by atoms with Crippen LogP contribution in [0.4, 0.5) is 0 Å². The number of rotatable bonds is 2. The van der Waals surface area contributed by atoms with E-state index in [4.69, 9.17) is 0 Å². The first kappa shape index (κ1) is 11.9. The number of piperidine rings is 1. The van der Waals surface area contributed by atoms with Gasteiger partial charge in [-0.15, -0.1) is 0 Å². The van der Waals surface area contributed by atoms with Crippen LogP contribution in [-0.2, 0) is 4.79 Å². The number of nitrogens with one attached hydrogen (secondary N) is 2. The Morgan fingerprint density at radius 3 is 2.25 bits per heavy atom. The van der Waals surface area contributed by atoms with Crippen LogP contribution in [0.1, 0.15) is 46.5 Å². The molecule has 0 atom stereocenters. The molecule has 16 heavy (non-hydrogen) atoms. The Bertz CT molecular complexity index is 270. The van der Waals surface area contributed by atoms with Gasteiger partial charge in [-0.2, -0.15) is 0 Å². The monoisotopic (exact) mass is 224 g/mol. The lowest BCUT2D eigenvalue weighted by Crippen LogP contribution is -2.49. The van der Waals surface area contributed by atoms with E-state index in [0.717, 1.165) is 38.8 Å². The number of hydrogen-bond donors (Lipinski definition) is 2. The van der Waals surface area contributed by atoms with Gasteiger partial charge in [0.25, 0.3) is 0 Å². The van der Waals surface area contributed by atoms with E-state index in [1.165, 1.54) is 0 Å². The predicted molar refractivity (Wildman–Crippen MR) is 65.2 cm³/mol. The molecule has 0 unspecified atom stereocenters. The molecule has 0 radical (unpaired) electrons. The summed E-state index contributed by atoms with van der Waals surface area (Å²) in [5.74, 6) is 0.523. The van der Waals surface area contributed by atoms with Gasteiger partial charge in [0.15, 0.2) is 0 Å². The molecule has 0 bridgehead atoms. The number of carbonyl (C=O) groups is 1. The van der Waals surface area contributed by atoms with Gasteiger partial charge in [0, 0.05) is 11.5 Å². The standard InChI is InChI=1S/C13H24N2O/c1-12(2,3)13(6-7-13)15-11(16)10-4-8-14-9-5-10/h10,14H,4-9H2,1-3H3,(H,15,16). The Hall–Kier alpha value is -0.570. The molecule has 1 amide bonds. The summed E-state index contributed by atoms with van der Waals surface area (Å²) in [6.45, 7) is 8.65. The molecule has 0 aromatic heterocycles. The smallest absolute Gasteiger partial charge is 0.223 e. The van der Waals surface area contributed by atoms with Gasteiger partial charge in [-0.3, -0.25) is 4.79 Å². The summed E-state index contributed by atoms with van der Waals surface area (Å²) >= 11 is 0. The van der Waals surface area contributed by atoms with Gasteiger partial charge in [-0.25, -0.2) is 0 Å². The van der Waals surface area contributed by atoms with Crippen LogP contribution in [0, 0.1) is 11.3 Å². The van der Waals surface area contributed by atoms with Crippen LogP contribution >= 0.6 is 0 Å². The maximum atomic E-state index is 12.2. The molecule has 3 nitrogen and oxygen atoms in total. The van der Waals surface area contributed by atoms with E-state index in [-0.39, 0.29) is 22.8 Å². The molecule has 0 spiro atoms. The topological polar surface area (TPSA) is 41.1 Å². The fourth-order valence-electron chi connectivity index (χ4n) is 2.61. The summed E-state index contributed by atoms with van der Waals surface area (Å²) in [4.78, 5) is 12.2. The Kier molecular flexibility index (Phi) is 2.99. The average Bonchev–Trinajstić information content (AvgIpc) is 2.99. The summed E-state index contributed by atoms with van der Waals surface area (Å²) in [5, 5.41) is 6.61. The van der Waals surface area contributed by atoms with Crippen molar-refractivity contribution in [1.29, 1.82) is 0 Å². The lowest BCUT2D eigenvalue weighted by atomic mass is 9.83. The van der Waals surface area contributed by atoms with E-state index in [1.54, 1.807) is 0 Å². The summed E-state index contributed by atoms with van der Waals surface area (Å²) in [7, 11) is 0. The second-order valence-corrected chi connectivity index (χ2v) is 6.35. The fourth-order valence-corrected chi connectivity index (χ4v) is 2.61. The number of amides is 1. The molecule has 2 rings (SSSR count). The van der Waals surface area contributed by atoms with Gasteiger partial charge in [0.1, 0.15) is 0 Å². The first-order chi connectivity index (χ1) is 7.45. The number of hydrogen-bond acceptors (Lipinski definition) is 2. The van der Waals surface area contributed by atoms with E-state index in [1.807, 2.05) is 0 Å². The van der Waals surface area contributed by atoms with Gasteiger partial charge < -0.3 is 10.6 Å². The van der Waals surface area contributed by atoms with Crippen LogP contribution in [0.3, 0.4) is 0 Å². The third-order valence-corrected chi connectivity index (χ3v) is 4.26. The molecule has 0 aromatic carbocycles. The normalized spacial score (nSPS) is 25.2. The SMILES string of the molecule is CC(C)(C)C1(NC(=O)C2CCNCC2)CC1. The molecule has 2 aliphatic rings. The van der Waals surface area contributed by atoms with Crippen molar-refractivity contribution in [1.82, 2.24) is 10.6 Å². The summed E-state index contributed by atoms with van der Waals surface area (Å²) in [6, 6.07) is 0. The highest BCUT2D eigenvalue weighted by Gasteiger charge is 2.53. The van der Waals surface area contributed by atoms with E-state index < -0.39 is 0 Å². The largest absolute Gasteiger partial charge is 0.350 e. The molecule has 1 heterocycles. The minimum Gasteiger partial charge on any atom is -0.350 e. The Balaban J connectivity index is 1.92. The van der Waals surface area contributed by atoms with Gasteiger partial charge >= 0.3 is 0 Å². The second-order valence-electron chi connectivity index (χ2n) is 6.35. The van der Waals surface area contributed by atoms with Crippen LogP contribution in [0.2, 0.25) is 0 Å². The molecule has 2 N–H and O–H groups in total. The molecule has 0 aromatic rings. The quantitative estimate of drug-likeness (QED) is 0.749. The van der Waals surface area contributed by atoms with Gasteiger partial charge in [-0.05, 0) is 44.2 Å². The Morgan fingerprint density at radius 1 is 1.25 bits per heavy atom. The van der Waals surface area contributed by atoms with E-state index in [0.29, 0.717) is 0 Å². The highest BCUT2D eigenvalue weighted by molar-refractivity contribution is 5.80. The van der Waals surface area contributed by atoms with Crippen LogP contribution in [0.15, 0.2) is 0 Å². The molecule has 2 fully saturated rings. The highest BCUT2D eigenvalue weighted by atomic mass is 16.2. The molecule has 3 heteroatoms. The zero-order valence-corrected chi connectivity index (χ0v) is 10.7. The van der Waals surface area contributed by atoms with Crippen molar-refractivity contribution < 1.29 is 4.79 Å². The van der Waals surface area contributed by atoms with Crippen molar-refractivity contribution in [2.24, 2.45) is 11.3 Å². The predicted octanol–water partition coefficient (Wildman–Crippen LogP) is 1.68. The Morgan fingerprint density at radius 2 is 1.81 bits per heavy atom. The van der Waals surface area contributed by atoms with E-state index >= 15 is 0 Å². The summed E-state index contributed by atoms with van der Waals surface area (Å²) < 4.78 is 0. The van der Waals surface area contributed by atoms with Crippen molar-refractivity contribution in [3.05, 3.63) is 0 Å². The van der Waals surface area contributed by atoms with E-state index in [9.17, 15) is 4.79 Å². The molecule has 1 saturated carbocycles. The van der Waals surface area contributed by atoms with Crippen molar-refractivity contribution in [3.63, 3.8) is 0 Å². The summed E-state index contributed by atoms with van der Waals surface area (Å²) in [6.07, 6.45) is 4.28. The zero-order chi connectivity index (χ0) is 11.8. The maximum Gasteiger partial charge on any atom is 0.223 e. The minimum absolute atomic E-state index is 0.0922. The highest BCUT2D eigenvalue weighted by Crippen LogP contribution is 2.49. The zero-order valence-electron chi connectivity index (χ0n) is 10.7. The van der Waals surface area contributed by atoms with Crippen molar-refractivity contribution >= 4 is 5.91 Å².